The molecule has 0 saturated heterocycles. The van der Waals surface area contributed by atoms with Crippen LogP contribution in [0.15, 0.2) is 45.7 Å². The molecule has 2 amide bonds. The van der Waals surface area contributed by atoms with Crippen LogP contribution in [0.4, 0.5) is 4.39 Å². The molecular weight excluding hydrogens is 539 g/mol. The molecule has 0 fully saturated rings. The van der Waals surface area contributed by atoms with E-state index in [0.29, 0.717) is 4.96 Å². The highest BCUT2D eigenvalue weighted by atomic mass is 32.2. The maximum atomic E-state index is 13.6. The summed E-state index contributed by atoms with van der Waals surface area (Å²) in [5.41, 5.74) is -2.64. The largest absolute Gasteiger partial charge is 0.501 e. The first-order valence-electron chi connectivity index (χ1n) is 11.0. The molecule has 4 rings (SSSR count). The molecule has 3 heterocycles. The molecule has 38 heavy (non-hydrogen) atoms. The number of fused-ring (bicyclic) bond motifs is 1. The number of imidazole rings is 1. The van der Waals surface area contributed by atoms with Crippen LogP contribution in [-0.2, 0) is 29.0 Å². The Balaban J connectivity index is 1.62. The van der Waals surface area contributed by atoms with E-state index >= 15 is 0 Å². The van der Waals surface area contributed by atoms with E-state index in [9.17, 15) is 32.3 Å². The molecular formula is C23H23FN6O6S2. The standard InChI is InChI=1S/C23H23FN6O6S2/c1-23(2,28-18(32)14-11-30-7-8-37-22(30)26-14)21-27-16(17(31)20(34)29(21)3)19(33)25-10-12-5-6-13(24)9-15(12)38(4,35)36/h5-9,11,31H,10H2,1-4H3,(H,25,33)(H,28,32). The van der Waals surface area contributed by atoms with Crippen molar-refractivity contribution in [3.05, 3.63) is 74.9 Å². The number of benzene rings is 1. The van der Waals surface area contributed by atoms with Gasteiger partial charge in [0.2, 0.25) is 5.75 Å². The number of halogens is 1. The van der Waals surface area contributed by atoms with Gasteiger partial charge in [-0.15, -0.1) is 11.3 Å². The second-order valence-corrected chi connectivity index (χ2v) is 11.9. The van der Waals surface area contributed by atoms with E-state index in [2.05, 4.69) is 20.6 Å². The summed E-state index contributed by atoms with van der Waals surface area (Å²) < 4.78 is 40.3. The molecule has 12 nitrogen and oxygen atoms in total. The molecule has 15 heteroatoms. The first-order chi connectivity index (χ1) is 17.7. The van der Waals surface area contributed by atoms with Gasteiger partial charge in [-0.2, -0.15) is 0 Å². The summed E-state index contributed by atoms with van der Waals surface area (Å²) in [7, 11) is -2.49. The zero-order valence-corrected chi connectivity index (χ0v) is 22.3. The Kier molecular flexibility index (Phi) is 6.84. The molecule has 0 radical (unpaired) electrons. The Hall–Kier alpha value is -4.11. The van der Waals surface area contributed by atoms with Gasteiger partial charge < -0.3 is 15.7 Å². The number of aromatic nitrogens is 4. The van der Waals surface area contributed by atoms with Crippen LogP contribution in [0.3, 0.4) is 0 Å². The number of sulfone groups is 1. The highest BCUT2D eigenvalue weighted by Gasteiger charge is 2.32. The van der Waals surface area contributed by atoms with Crippen molar-refractivity contribution in [1.29, 1.82) is 0 Å². The first kappa shape index (κ1) is 26.9. The lowest BCUT2D eigenvalue weighted by atomic mass is 10.0. The Morgan fingerprint density at radius 2 is 1.92 bits per heavy atom. The van der Waals surface area contributed by atoms with Gasteiger partial charge in [0.1, 0.15) is 17.3 Å². The Morgan fingerprint density at radius 1 is 1.21 bits per heavy atom. The summed E-state index contributed by atoms with van der Waals surface area (Å²) >= 11 is 1.35. The average Bonchev–Trinajstić information content (AvgIpc) is 3.43. The molecule has 200 valence electrons. The van der Waals surface area contributed by atoms with Gasteiger partial charge in [-0.05, 0) is 31.5 Å². The van der Waals surface area contributed by atoms with Gasteiger partial charge in [0.25, 0.3) is 17.4 Å². The zero-order valence-electron chi connectivity index (χ0n) is 20.6. The fraction of sp³-hybridized carbons (Fsp3) is 0.261. The summed E-state index contributed by atoms with van der Waals surface area (Å²) in [6, 6.07) is 3.07. The van der Waals surface area contributed by atoms with Crippen molar-refractivity contribution < 1.29 is 27.5 Å². The quantitative estimate of drug-likeness (QED) is 0.304. The summed E-state index contributed by atoms with van der Waals surface area (Å²) in [4.78, 5) is 47.2. The van der Waals surface area contributed by atoms with Crippen LogP contribution in [0.2, 0.25) is 0 Å². The number of hydrogen-bond acceptors (Lipinski definition) is 9. The van der Waals surface area contributed by atoms with Gasteiger partial charge >= 0.3 is 0 Å². The Morgan fingerprint density at radius 3 is 2.58 bits per heavy atom. The number of nitrogens with zero attached hydrogens (tertiary/aromatic N) is 4. The van der Waals surface area contributed by atoms with Crippen molar-refractivity contribution in [3.8, 4) is 5.75 Å². The minimum Gasteiger partial charge on any atom is -0.501 e. The number of carbonyl (C=O) groups excluding carboxylic acids is 2. The lowest BCUT2D eigenvalue weighted by molar-refractivity contribution is 0.0902. The number of aromatic hydroxyl groups is 1. The van der Waals surface area contributed by atoms with Crippen molar-refractivity contribution in [2.24, 2.45) is 7.05 Å². The average molecular weight is 563 g/mol. The highest BCUT2D eigenvalue weighted by Crippen LogP contribution is 2.22. The van der Waals surface area contributed by atoms with Gasteiger partial charge in [0, 0.05) is 37.6 Å². The fourth-order valence-electron chi connectivity index (χ4n) is 3.83. The van der Waals surface area contributed by atoms with Crippen molar-refractivity contribution in [1.82, 2.24) is 29.6 Å². The van der Waals surface area contributed by atoms with E-state index in [-0.39, 0.29) is 28.5 Å². The smallest absolute Gasteiger partial charge is 0.296 e. The van der Waals surface area contributed by atoms with Crippen LogP contribution in [-0.4, -0.2) is 50.5 Å². The minimum atomic E-state index is -3.81. The van der Waals surface area contributed by atoms with Gasteiger partial charge in [-0.3, -0.25) is 23.4 Å². The lowest BCUT2D eigenvalue weighted by Crippen LogP contribution is -2.46. The highest BCUT2D eigenvalue weighted by molar-refractivity contribution is 7.90. The molecule has 0 aliphatic carbocycles. The van der Waals surface area contributed by atoms with Gasteiger partial charge in [0.15, 0.2) is 20.5 Å². The van der Waals surface area contributed by atoms with E-state index in [4.69, 9.17) is 0 Å². The van der Waals surface area contributed by atoms with Crippen molar-refractivity contribution in [3.63, 3.8) is 0 Å². The predicted octanol–water partition coefficient (Wildman–Crippen LogP) is 1.33. The van der Waals surface area contributed by atoms with Crippen molar-refractivity contribution >= 4 is 37.9 Å². The SMILES string of the molecule is Cn1c(C(C)(C)NC(=O)c2cn3ccsc3n2)nc(C(=O)NCc2ccc(F)cc2S(C)(=O)=O)c(O)c1=O. The topological polar surface area (TPSA) is 165 Å². The number of thiazole rings is 1. The molecule has 0 aliphatic rings. The minimum absolute atomic E-state index is 0.0431. The number of rotatable bonds is 7. The number of nitrogens with one attached hydrogen (secondary N) is 2. The molecule has 0 atom stereocenters. The van der Waals surface area contributed by atoms with Crippen molar-refractivity contribution in [2.45, 2.75) is 30.8 Å². The van der Waals surface area contributed by atoms with E-state index in [1.807, 2.05) is 5.38 Å². The summed E-state index contributed by atoms with van der Waals surface area (Å²) in [5.74, 6) is -3.28. The second-order valence-electron chi connectivity index (χ2n) is 9.00. The van der Waals surface area contributed by atoms with Crippen LogP contribution < -0.4 is 16.2 Å². The predicted molar refractivity (Wildman–Crippen MR) is 135 cm³/mol. The lowest BCUT2D eigenvalue weighted by Gasteiger charge is -2.27. The molecule has 3 N–H and O–H groups in total. The summed E-state index contributed by atoms with van der Waals surface area (Å²) in [6.45, 7) is 2.76. The van der Waals surface area contributed by atoms with E-state index in [1.165, 1.54) is 24.5 Å². The number of hydrogen-bond donors (Lipinski definition) is 3. The van der Waals surface area contributed by atoms with Gasteiger partial charge in [-0.25, -0.2) is 22.8 Å². The van der Waals surface area contributed by atoms with E-state index in [1.54, 1.807) is 30.6 Å². The molecule has 1 aromatic carbocycles. The maximum Gasteiger partial charge on any atom is 0.296 e. The van der Waals surface area contributed by atoms with Crippen LogP contribution in [0.25, 0.3) is 4.96 Å². The van der Waals surface area contributed by atoms with Crippen LogP contribution in [0.1, 0.15) is 46.2 Å². The molecule has 0 saturated carbocycles. The maximum absolute atomic E-state index is 13.6. The summed E-state index contributed by atoms with van der Waals surface area (Å²) in [5, 5.41) is 17.3. The second kappa shape index (κ2) is 9.64. The van der Waals surface area contributed by atoms with E-state index in [0.717, 1.165) is 23.0 Å². The number of carbonyl (C=O) groups is 2. The van der Waals surface area contributed by atoms with Crippen LogP contribution in [0, 0.1) is 5.82 Å². The molecule has 4 aromatic rings. The van der Waals surface area contributed by atoms with Crippen LogP contribution in [0.5, 0.6) is 5.75 Å². The molecule has 0 aliphatic heterocycles. The third kappa shape index (κ3) is 5.15. The first-order valence-corrected chi connectivity index (χ1v) is 13.8. The number of amides is 2. The molecule has 0 bridgehead atoms. The van der Waals surface area contributed by atoms with Gasteiger partial charge in [0.05, 0.1) is 10.4 Å². The third-order valence-corrected chi connectivity index (χ3v) is 7.61. The van der Waals surface area contributed by atoms with Gasteiger partial charge in [-0.1, -0.05) is 6.07 Å². The normalized spacial score (nSPS) is 12.0. The monoisotopic (exact) mass is 562 g/mol. The third-order valence-electron chi connectivity index (χ3n) is 5.66. The molecule has 0 unspecified atom stereocenters. The Labute approximate surface area is 219 Å². The fourth-order valence-corrected chi connectivity index (χ4v) is 5.47. The molecule has 0 spiro atoms. The molecule has 3 aromatic heterocycles. The van der Waals surface area contributed by atoms with Crippen molar-refractivity contribution in [2.75, 3.05) is 6.26 Å². The zero-order chi connectivity index (χ0) is 28.0. The van der Waals surface area contributed by atoms with E-state index < -0.39 is 50.0 Å². The summed E-state index contributed by atoms with van der Waals surface area (Å²) in [6.07, 6.45) is 4.19. The Bertz CT molecular complexity index is 1730. The van der Waals surface area contributed by atoms with Crippen LogP contribution >= 0.6 is 11.3 Å².